The molecule has 3 heteroatoms. The molecule has 1 aromatic rings. The fourth-order valence-electron chi connectivity index (χ4n) is 2.09. The van der Waals surface area contributed by atoms with Crippen LogP contribution in [0.1, 0.15) is 18.5 Å². The van der Waals surface area contributed by atoms with Crippen molar-refractivity contribution in [2.75, 3.05) is 26.3 Å². The van der Waals surface area contributed by atoms with Gasteiger partial charge in [0.25, 0.3) is 0 Å². The molecule has 0 saturated carbocycles. The lowest BCUT2D eigenvalue weighted by Crippen LogP contribution is -2.46. The fourth-order valence-corrected chi connectivity index (χ4v) is 2.09. The van der Waals surface area contributed by atoms with Crippen LogP contribution in [-0.4, -0.2) is 37.2 Å². The van der Waals surface area contributed by atoms with E-state index >= 15 is 0 Å². The third-order valence-corrected chi connectivity index (χ3v) is 3.16. The van der Waals surface area contributed by atoms with E-state index in [1.807, 2.05) is 18.2 Å². The number of hydrogen-bond donors (Lipinski definition) is 1. The van der Waals surface area contributed by atoms with E-state index in [1.165, 1.54) is 5.56 Å². The minimum Gasteiger partial charge on any atom is -0.379 e. The quantitative estimate of drug-likeness (QED) is 0.837. The number of benzene rings is 1. The van der Waals surface area contributed by atoms with E-state index < -0.39 is 0 Å². The van der Waals surface area contributed by atoms with Crippen LogP contribution in [-0.2, 0) is 4.74 Å². The summed E-state index contributed by atoms with van der Waals surface area (Å²) in [7, 11) is 0. The summed E-state index contributed by atoms with van der Waals surface area (Å²) in [5, 5.41) is 0. The summed E-state index contributed by atoms with van der Waals surface area (Å²) in [4.78, 5) is 2.40. The lowest BCUT2D eigenvalue weighted by molar-refractivity contribution is -0.00280. The van der Waals surface area contributed by atoms with Crippen LogP contribution in [0.15, 0.2) is 30.3 Å². The minimum absolute atomic E-state index is 0.0988. The number of morpholine rings is 1. The van der Waals surface area contributed by atoms with Crippen LogP contribution in [0.25, 0.3) is 0 Å². The first-order chi connectivity index (χ1) is 7.77. The van der Waals surface area contributed by atoms with Crippen LogP contribution in [0.2, 0.25) is 0 Å². The van der Waals surface area contributed by atoms with Crippen molar-refractivity contribution in [1.82, 2.24) is 4.90 Å². The Morgan fingerprint density at radius 2 is 2.19 bits per heavy atom. The molecule has 2 rings (SSSR count). The SMILES string of the molecule is CC1COCCN1CC(N)c1ccccc1. The maximum atomic E-state index is 6.21. The van der Waals surface area contributed by atoms with Crippen molar-refractivity contribution in [3.63, 3.8) is 0 Å². The summed E-state index contributed by atoms with van der Waals surface area (Å²) < 4.78 is 5.42. The third kappa shape index (κ3) is 2.82. The zero-order valence-corrected chi connectivity index (χ0v) is 9.80. The average molecular weight is 220 g/mol. The second kappa shape index (κ2) is 5.43. The number of rotatable bonds is 3. The largest absolute Gasteiger partial charge is 0.379 e. The Morgan fingerprint density at radius 1 is 1.44 bits per heavy atom. The summed E-state index contributed by atoms with van der Waals surface area (Å²) in [5.41, 5.74) is 7.42. The number of ether oxygens (including phenoxy) is 1. The summed E-state index contributed by atoms with van der Waals surface area (Å²) in [6.45, 7) is 5.74. The Morgan fingerprint density at radius 3 is 2.88 bits per heavy atom. The molecule has 1 fully saturated rings. The normalized spacial score (nSPS) is 24.2. The number of nitrogens with zero attached hydrogens (tertiary/aromatic N) is 1. The van der Waals surface area contributed by atoms with Gasteiger partial charge in [-0.3, -0.25) is 4.90 Å². The molecule has 2 atom stereocenters. The highest BCUT2D eigenvalue weighted by molar-refractivity contribution is 5.18. The van der Waals surface area contributed by atoms with Crippen LogP contribution >= 0.6 is 0 Å². The van der Waals surface area contributed by atoms with Gasteiger partial charge in [-0.05, 0) is 12.5 Å². The lowest BCUT2D eigenvalue weighted by atomic mass is 10.1. The fraction of sp³-hybridized carbons (Fsp3) is 0.538. The Labute approximate surface area is 97.2 Å². The zero-order chi connectivity index (χ0) is 11.4. The maximum Gasteiger partial charge on any atom is 0.0619 e. The van der Waals surface area contributed by atoms with Crippen molar-refractivity contribution in [2.24, 2.45) is 5.73 Å². The third-order valence-electron chi connectivity index (χ3n) is 3.16. The van der Waals surface area contributed by atoms with Gasteiger partial charge in [-0.1, -0.05) is 30.3 Å². The van der Waals surface area contributed by atoms with Gasteiger partial charge in [-0.15, -0.1) is 0 Å². The van der Waals surface area contributed by atoms with Crippen LogP contribution < -0.4 is 5.73 Å². The topological polar surface area (TPSA) is 38.5 Å². The van der Waals surface area contributed by atoms with E-state index in [0.717, 1.165) is 26.3 Å². The molecule has 0 amide bonds. The van der Waals surface area contributed by atoms with Crippen LogP contribution in [0.3, 0.4) is 0 Å². The molecule has 1 saturated heterocycles. The molecular weight excluding hydrogens is 200 g/mol. The van der Waals surface area contributed by atoms with Gasteiger partial charge in [-0.25, -0.2) is 0 Å². The molecule has 88 valence electrons. The van der Waals surface area contributed by atoms with Crippen molar-refractivity contribution in [2.45, 2.75) is 19.0 Å². The first-order valence-electron chi connectivity index (χ1n) is 5.89. The van der Waals surface area contributed by atoms with E-state index in [0.29, 0.717) is 6.04 Å². The Bertz CT molecular complexity index is 315. The molecule has 0 bridgehead atoms. The molecule has 16 heavy (non-hydrogen) atoms. The molecule has 0 radical (unpaired) electrons. The highest BCUT2D eigenvalue weighted by atomic mass is 16.5. The molecule has 0 spiro atoms. The molecule has 1 aliphatic heterocycles. The van der Waals surface area contributed by atoms with Crippen molar-refractivity contribution in [3.8, 4) is 0 Å². The number of hydrogen-bond acceptors (Lipinski definition) is 3. The highest BCUT2D eigenvalue weighted by Gasteiger charge is 2.21. The molecular formula is C13H20N2O. The first-order valence-corrected chi connectivity index (χ1v) is 5.89. The van der Waals surface area contributed by atoms with Gasteiger partial charge in [0.15, 0.2) is 0 Å². The molecule has 3 nitrogen and oxygen atoms in total. The van der Waals surface area contributed by atoms with Gasteiger partial charge >= 0.3 is 0 Å². The van der Waals surface area contributed by atoms with Crippen molar-refractivity contribution < 1.29 is 4.74 Å². The van der Waals surface area contributed by atoms with Crippen LogP contribution in [0, 0.1) is 0 Å². The Hall–Kier alpha value is -0.900. The van der Waals surface area contributed by atoms with Crippen molar-refractivity contribution in [3.05, 3.63) is 35.9 Å². The average Bonchev–Trinajstić information content (AvgIpc) is 2.33. The summed E-state index contributed by atoms with van der Waals surface area (Å²) in [6.07, 6.45) is 0. The summed E-state index contributed by atoms with van der Waals surface area (Å²) in [5.74, 6) is 0. The standard InChI is InChI=1S/C13H20N2O/c1-11-10-16-8-7-15(11)9-13(14)12-5-3-2-4-6-12/h2-6,11,13H,7-10,14H2,1H3. The zero-order valence-electron chi connectivity index (χ0n) is 9.80. The molecule has 0 aliphatic carbocycles. The van der Waals surface area contributed by atoms with Crippen molar-refractivity contribution in [1.29, 1.82) is 0 Å². The molecule has 1 aliphatic rings. The van der Waals surface area contributed by atoms with E-state index in [-0.39, 0.29) is 6.04 Å². The Kier molecular flexibility index (Phi) is 3.93. The van der Waals surface area contributed by atoms with Gasteiger partial charge in [0.2, 0.25) is 0 Å². The molecule has 1 heterocycles. The number of nitrogens with two attached hydrogens (primary N) is 1. The van der Waals surface area contributed by atoms with Gasteiger partial charge in [0.05, 0.1) is 13.2 Å². The second-order valence-electron chi connectivity index (χ2n) is 4.44. The maximum absolute atomic E-state index is 6.21. The minimum atomic E-state index is 0.0988. The van der Waals surface area contributed by atoms with E-state index in [1.54, 1.807) is 0 Å². The lowest BCUT2D eigenvalue weighted by Gasteiger charge is -2.34. The first kappa shape index (κ1) is 11.6. The van der Waals surface area contributed by atoms with Crippen molar-refractivity contribution >= 4 is 0 Å². The molecule has 2 unspecified atom stereocenters. The highest BCUT2D eigenvalue weighted by Crippen LogP contribution is 2.14. The monoisotopic (exact) mass is 220 g/mol. The van der Waals surface area contributed by atoms with Gasteiger partial charge in [0, 0.05) is 25.2 Å². The molecule has 2 N–H and O–H groups in total. The smallest absolute Gasteiger partial charge is 0.0619 e. The molecule has 1 aromatic carbocycles. The van der Waals surface area contributed by atoms with Gasteiger partial charge < -0.3 is 10.5 Å². The van der Waals surface area contributed by atoms with Crippen LogP contribution in [0.5, 0.6) is 0 Å². The van der Waals surface area contributed by atoms with E-state index in [4.69, 9.17) is 10.5 Å². The molecule has 0 aromatic heterocycles. The van der Waals surface area contributed by atoms with Crippen LogP contribution in [0.4, 0.5) is 0 Å². The Balaban J connectivity index is 1.94. The van der Waals surface area contributed by atoms with E-state index in [9.17, 15) is 0 Å². The predicted molar refractivity (Wildman–Crippen MR) is 65.2 cm³/mol. The summed E-state index contributed by atoms with van der Waals surface area (Å²) >= 11 is 0. The predicted octanol–water partition coefficient (Wildman–Crippen LogP) is 1.41. The second-order valence-corrected chi connectivity index (χ2v) is 4.44. The van der Waals surface area contributed by atoms with Gasteiger partial charge in [0.1, 0.15) is 0 Å². The van der Waals surface area contributed by atoms with Gasteiger partial charge in [-0.2, -0.15) is 0 Å². The summed E-state index contributed by atoms with van der Waals surface area (Å²) in [6, 6.07) is 10.9. The van der Waals surface area contributed by atoms with E-state index in [2.05, 4.69) is 24.0 Å².